The molecule has 1 aromatic carbocycles. The third kappa shape index (κ3) is 4.53. The van der Waals surface area contributed by atoms with E-state index >= 15 is 0 Å². The summed E-state index contributed by atoms with van der Waals surface area (Å²) in [5.41, 5.74) is 6.90. The van der Waals surface area contributed by atoms with Crippen molar-refractivity contribution in [3.63, 3.8) is 0 Å². The summed E-state index contributed by atoms with van der Waals surface area (Å²) in [5.74, 6) is 0.276. The van der Waals surface area contributed by atoms with Gasteiger partial charge in [-0.3, -0.25) is 20.4 Å². The van der Waals surface area contributed by atoms with Crippen LogP contribution in [0.4, 0.5) is 0 Å². The number of carbonyl (C=O) groups is 2. The van der Waals surface area contributed by atoms with Gasteiger partial charge in [-0.25, -0.2) is 9.67 Å². The van der Waals surface area contributed by atoms with Gasteiger partial charge in [-0.05, 0) is 37.6 Å². The predicted octanol–water partition coefficient (Wildman–Crippen LogP) is 1.98. The first-order valence-electron chi connectivity index (χ1n) is 8.85. The van der Waals surface area contributed by atoms with Gasteiger partial charge in [0.1, 0.15) is 5.75 Å². The maximum absolute atomic E-state index is 12.4. The van der Waals surface area contributed by atoms with Crippen molar-refractivity contribution in [1.82, 2.24) is 25.6 Å². The van der Waals surface area contributed by atoms with Gasteiger partial charge in [-0.1, -0.05) is 30.7 Å². The van der Waals surface area contributed by atoms with Gasteiger partial charge >= 0.3 is 0 Å². The lowest BCUT2D eigenvalue weighted by Crippen LogP contribution is -2.44. The molecule has 0 aliphatic rings. The molecule has 0 aliphatic heterocycles. The predicted molar refractivity (Wildman–Crippen MR) is 103 cm³/mol. The van der Waals surface area contributed by atoms with Crippen molar-refractivity contribution < 1.29 is 14.3 Å². The highest BCUT2D eigenvalue weighted by molar-refractivity contribution is 5.96. The van der Waals surface area contributed by atoms with Crippen LogP contribution in [0.1, 0.15) is 28.5 Å². The Morgan fingerprint density at radius 3 is 2.57 bits per heavy atom. The van der Waals surface area contributed by atoms with Crippen LogP contribution in [-0.4, -0.2) is 33.2 Å². The van der Waals surface area contributed by atoms with Crippen molar-refractivity contribution in [3.8, 4) is 11.6 Å². The molecule has 0 spiro atoms. The van der Waals surface area contributed by atoms with E-state index in [2.05, 4.69) is 20.9 Å². The van der Waals surface area contributed by atoms with E-state index in [-0.39, 0.29) is 6.61 Å². The van der Waals surface area contributed by atoms with Crippen molar-refractivity contribution in [3.05, 3.63) is 71.7 Å². The Bertz CT molecular complexity index is 952. The number of benzene rings is 1. The number of carbonyl (C=O) groups excluding carboxylic acids is 2. The maximum atomic E-state index is 12.4. The highest BCUT2D eigenvalue weighted by atomic mass is 16.5. The molecule has 3 aromatic rings. The van der Waals surface area contributed by atoms with Gasteiger partial charge in [0, 0.05) is 6.20 Å². The summed E-state index contributed by atoms with van der Waals surface area (Å²) in [4.78, 5) is 28.6. The lowest BCUT2D eigenvalue weighted by atomic mass is 10.2. The lowest BCUT2D eigenvalue weighted by molar-refractivity contribution is -0.123. The van der Waals surface area contributed by atoms with Crippen molar-refractivity contribution in [2.24, 2.45) is 0 Å². The molecule has 8 nitrogen and oxygen atoms in total. The van der Waals surface area contributed by atoms with Crippen molar-refractivity contribution in [1.29, 1.82) is 0 Å². The highest BCUT2D eigenvalue weighted by Gasteiger charge is 2.18. The first kappa shape index (κ1) is 19.1. The van der Waals surface area contributed by atoms with Crippen molar-refractivity contribution in [2.75, 3.05) is 6.61 Å². The van der Waals surface area contributed by atoms with Crippen LogP contribution < -0.4 is 15.6 Å². The number of rotatable bonds is 6. The van der Waals surface area contributed by atoms with E-state index in [9.17, 15) is 9.59 Å². The summed E-state index contributed by atoms with van der Waals surface area (Å²) in [6, 6.07) is 12.8. The van der Waals surface area contributed by atoms with E-state index in [0.29, 0.717) is 29.2 Å². The van der Waals surface area contributed by atoms with Crippen LogP contribution >= 0.6 is 0 Å². The number of hydrogen-bond acceptors (Lipinski definition) is 5. The molecule has 2 aromatic heterocycles. The van der Waals surface area contributed by atoms with Gasteiger partial charge in [0.05, 0.1) is 17.5 Å². The fraction of sp³-hybridized carbons (Fsp3) is 0.200. The number of aromatic nitrogens is 3. The third-order valence-corrected chi connectivity index (χ3v) is 4.02. The molecule has 144 valence electrons. The van der Waals surface area contributed by atoms with Crippen LogP contribution in [0.2, 0.25) is 0 Å². The standard InChI is InChI=1S/C20H21N5O3/c1-3-17-16(12-22-25(17)18-6-4-5-11-21-18)20(27)24-23-19(26)13-28-15-9-7-14(2)8-10-15/h4-12H,3,13H2,1-2H3,(H,23,26)(H,24,27). The summed E-state index contributed by atoms with van der Waals surface area (Å²) in [6.45, 7) is 3.67. The van der Waals surface area contributed by atoms with Crippen LogP contribution in [-0.2, 0) is 11.2 Å². The lowest BCUT2D eigenvalue weighted by Gasteiger charge is -2.10. The zero-order chi connectivity index (χ0) is 19.9. The first-order chi connectivity index (χ1) is 13.6. The normalized spacial score (nSPS) is 10.4. The number of amides is 2. The first-order valence-corrected chi connectivity index (χ1v) is 8.85. The molecule has 0 unspecified atom stereocenters. The molecule has 0 bridgehead atoms. The minimum Gasteiger partial charge on any atom is -0.484 e. The number of hydrogen-bond donors (Lipinski definition) is 2. The van der Waals surface area contributed by atoms with Gasteiger partial charge in [0.15, 0.2) is 12.4 Å². The number of pyridine rings is 1. The molecular weight excluding hydrogens is 358 g/mol. The maximum Gasteiger partial charge on any atom is 0.276 e. The van der Waals surface area contributed by atoms with Gasteiger partial charge in [0.25, 0.3) is 11.8 Å². The van der Waals surface area contributed by atoms with Gasteiger partial charge in [-0.15, -0.1) is 0 Å². The molecule has 2 amide bonds. The number of hydrazine groups is 1. The van der Waals surface area contributed by atoms with Gasteiger partial charge in [-0.2, -0.15) is 5.10 Å². The Kier molecular flexibility index (Phi) is 6.01. The number of ether oxygens (including phenoxy) is 1. The van der Waals surface area contributed by atoms with E-state index in [1.165, 1.54) is 6.20 Å². The molecule has 3 rings (SSSR count). The molecule has 8 heteroatoms. The second-order valence-corrected chi connectivity index (χ2v) is 6.06. The molecular formula is C20H21N5O3. The summed E-state index contributed by atoms with van der Waals surface area (Å²) in [5, 5.41) is 4.24. The molecule has 0 saturated heterocycles. The van der Waals surface area contributed by atoms with Gasteiger partial charge < -0.3 is 4.74 Å². The smallest absolute Gasteiger partial charge is 0.276 e. The van der Waals surface area contributed by atoms with Crippen molar-refractivity contribution >= 4 is 11.8 Å². The molecule has 0 fully saturated rings. The van der Waals surface area contributed by atoms with Crippen LogP contribution in [0, 0.1) is 6.92 Å². The van der Waals surface area contributed by atoms with Crippen LogP contribution in [0.3, 0.4) is 0 Å². The Morgan fingerprint density at radius 1 is 1.11 bits per heavy atom. The van der Waals surface area contributed by atoms with Crippen molar-refractivity contribution in [2.45, 2.75) is 20.3 Å². The molecule has 0 aliphatic carbocycles. The number of nitrogens with one attached hydrogen (secondary N) is 2. The second kappa shape index (κ2) is 8.81. The zero-order valence-corrected chi connectivity index (χ0v) is 15.7. The summed E-state index contributed by atoms with van der Waals surface area (Å²) < 4.78 is 6.99. The SMILES string of the molecule is CCc1c(C(=O)NNC(=O)COc2ccc(C)cc2)cnn1-c1ccccn1. The fourth-order valence-electron chi connectivity index (χ4n) is 2.59. The molecule has 0 saturated carbocycles. The summed E-state index contributed by atoms with van der Waals surface area (Å²) in [7, 11) is 0. The quantitative estimate of drug-likeness (QED) is 0.638. The largest absolute Gasteiger partial charge is 0.484 e. The number of aryl methyl sites for hydroxylation is 1. The Hall–Kier alpha value is -3.68. The molecule has 2 N–H and O–H groups in total. The Balaban J connectivity index is 1.58. The van der Waals surface area contributed by atoms with Crippen LogP contribution in [0.15, 0.2) is 54.9 Å². The summed E-state index contributed by atoms with van der Waals surface area (Å²) >= 11 is 0. The molecule has 2 heterocycles. The van der Waals surface area contributed by atoms with E-state index in [1.807, 2.05) is 32.0 Å². The topological polar surface area (TPSA) is 98.1 Å². The number of nitrogens with zero attached hydrogens (tertiary/aromatic N) is 3. The molecule has 0 radical (unpaired) electrons. The second-order valence-electron chi connectivity index (χ2n) is 6.06. The van der Waals surface area contributed by atoms with Gasteiger partial charge in [0.2, 0.25) is 0 Å². The van der Waals surface area contributed by atoms with E-state index < -0.39 is 11.8 Å². The monoisotopic (exact) mass is 379 g/mol. The molecule has 28 heavy (non-hydrogen) atoms. The van der Waals surface area contributed by atoms with Crippen LogP contribution in [0.25, 0.3) is 5.82 Å². The Morgan fingerprint density at radius 2 is 1.89 bits per heavy atom. The minimum absolute atomic E-state index is 0.211. The average molecular weight is 379 g/mol. The summed E-state index contributed by atoms with van der Waals surface area (Å²) in [6.07, 6.45) is 3.69. The fourth-order valence-corrected chi connectivity index (χ4v) is 2.59. The van der Waals surface area contributed by atoms with E-state index in [4.69, 9.17) is 4.74 Å². The third-order valence-electron chi connectivity index (χ3n) is 4.02. The Labute approximate surface area is 162 Å². The minimum atomic E-state index is -0.468. The van der Waals surface area contributed by atoms with Crippen LogP contribution in [0.5, 0.6) is 5.75 Å². The molecule has 0 atom stereocenters. The highest BCUT2D eigenvalue weighted by Crippen LogP contribution is 2.14. The zero-order valence-electron chi connectivity index (χ0n) is 15.7. The average Bonchev–Trinajstić information content (AvgIpc) is 3.16. The van der Waals surface area contributed by atoms with E-state index in [1.54, 1.807) is 35.1 Å². The van der Waals surface area contributed by atoms with E-state index in [0.717, 1.165) is 5.56 Å².